The van der Waals surface area contributed by atoms with Crippen LogP contribution in [0.1, 0.15) is 51.4 Å². The minimum absolute atomic E-state index is 0.00425. The highest BCUT2D eigenvalue weighted by Crippen LogP contribution is 2.29. The summed E-state index contributed by atoms with van der Waals surface area (Å²) in [6, 6.07) is 6.19. The zero-order valence-corrected chi connectivity index (χ0v) is 14.2. The van der Waals surface area contributed by atoms with E-state index in [1.165, 1.54) is 12.8 Å². The summed E-state index contributed by atoms with van der Waals surface area (Å²) < 4.78 is 34.3. The van der Waals surface area contributed by atoms with Gasteiger partial charge in [-0.05, 0) is 49.9 Å². The molecule has 0 radical (unpaired) electrons. The van der Waals surface area contributed by atoms with Crippen molar-refractivity contribution in [3.63, 3.8) is 0 Å². The maximum atomic E-state index is 12.6. The lowest BCUT2D eigenvalue weighted by atomic mass is 9.93. The van der Waals surface area contributed by atoms with Gasteiger partial charge in [-0.15, -0.1) is 0 Å². The number of benzene rings is 1. The number of anilines is 1. The molecule has 0 spiro atoms. The Kier molecular flexibility index (Phi) is 5.24. The Bertz CT molecular complexity index is 609. The summed E-state index contributed by atoms with van der Waals surface area (Å²) in [5, 5.41) is 0. The van der Waals surface area contributed by atoms with Crippen LogP contribution in [-0.4, -0.2) is 26.7 Å². The fourth-order valence-electron chi connectivity index (χ4n) is 3.58. The molecular weight excluding hydrogens is 312 g/mol. The zero-order chi connectivity index (χ0) is 16.3. The van der Waals surface area contributed by atoms with E-state index in [4.69, 9.17) is 10.5 Å². The minimum Gasteiger partial charge on any atom is -0.399 e. The van der Waals surface area contributed by atoms with Gasteiger partial charge in [-0.25, -0.2) is 13.1 Å². The predicted molar refractivity (Wildman–Crippen MR) is 90.6 cm³/mol. The molecule has 0 bridgehead atoms. The minimum atomic E-state index is -3.53. The lowest BCUT2D eigenvalue weighted by molar-refractivity contribution is -0.0391. The van der Waals surface area contributed by atoms with Crippen molar-refractivity contribution in [3.05, 3.63) is 24.3 Å². The third-order valence-corrected chi connectivity index (χ3v) is 6.37. The van der Waals surface area contributed by atoms with Crippen LogP contribution in [0, 0.1) is 0 Å². The lowest BCUT2D eigenvalue weighted by Gasteiger charge is -2.33. The number of hydrogen-bond donors (Lipinski definition) is 2. The van der Waals surface area contributed by atoms with E-state index < -0.39 is 10.0 Å². The van der Waals surface area contributed by atoms with Crippen molar-refractivity contribution in [2.45, 2.75) is 74.5 Å². The first-order valence-electron chi connectivity index (χ1n) is 8.58. The van der Waals surface area contributed by atoms with Crippen molar-refractivity contribution >= 4 is 15.7 Å². The van der Waals surface area contributed by atoms with E-state index >= 15 is 0 Å². The Morgan fingerprint density at radius 1 is 0.957 bits per heavy atom. The predicted octanol–water partition coefficient (Wildman–Crippen LogP) is 2.82. The van der Waals surface area contributed by atoms with Crippen LogP contribution in [0.25, 0.3) is 0 Å². The Morgan fingerprint density at radius 3 is 2.26 bits per heavy atom. The summed E-state index contributed by atoms with van der Waals surface area (Å²) in [5.41, 5.74) is 6.19. The van der Waals surface area contributed by atoms with Crippen LogP contribution in [0.2, 0.25) is 0 Å². The molecule has 23 heavy (non-hydrogen) atoms. The highest BCUT2D eigenvalue weighted by Gasteiger charge is 2.32. The maximum absolute atomic E-state index is 12.6. The Balaban J connectivity index is 1.69. The summed E-state index contributed by atoms with van der Waals surface area (Å²) in [6.45, 7) is 0. The van der Waals surface area contributed by atoms with Gasteiger partial charge in [-0.3, -0.25) is 0 Å². The number of rotatable bonds is 5. The van der Waals surface area contributed by atoms with Gasteiger partial charge in [0.2, 0.25) is 10.0 Å². The van der Waals surface area contributed by atoms with Gasteiger partial charge in [-0.1, -0.05) is 25.7 Å². The summed E-state index contributed by atoms with van der Waals surface area (Å²) >= 11 is 0. The molecule has 2 aliphatic carbocycles. The summed E-state index contributed by atoms with van der Waals surface area (Å²) in [4.78, 5) is 0.261. The largest absolute Gasteiger partial charge is 0.399 e. The van der Waals surface area contributed by atoms with Crippen molar-refractivity contribution in [1.82, 2.24) is 4.72 Å². The average molecular weight is 338 g/mol. The third kappa shape index (κ3) is 4.25. The first-order valence-corrected chi connectivity index (χ1v) is 10.1. The van der Waals surface area contributed by atoms with E-state index in [-0.39, 0.29) is 17.0 Å². The number of sulfonamides is 1. The maximum Gasteiger partial charge on any atom is 0.240 e. The fraction of sp³-hybridized carbons (Fsp3) is 0.647. The van der Waals surface area contributed by atoms with Gasteiger partial charge in [0, 0.05) is 11.7 Å². The number of nitrogens with two attached hydrogens (primary N) is 1. The van der Waals surface area contributed by atoms with Crippen LogP contribution < -0.4 is 10.5 Å². The number of nitrogen functional groups attached to an aromatic ring is 1. The van der Waals surface area contributed by atoms with Crippen molar-refractivity contribution in [1.29, 1.82) is 0 Å². The van der Waals surface area contributed by atoms with Crippen LogP contribution >= 0.6 is 0 Å². The highest BCUT2D eigenvalue weighted by atomic mass is 32.2. The SMILES string of the molecule is Nc1ccc(S(=O)(=O)NC2CCCCC2OC2CCCC2)cc1. The molecule has 1 aromatic carbocycles. The van der Waals surface area contributed by atoms with E-state index in [0.29, 0.717) is 11.8 Å². The monoisotopic (exact) mass is 338 g/mol. The molecule has 3 rings (SSSR count). The van der Waals surface area contributed by atoms with E-state index in [1.807, 2.05) is 0 Å². The summed E-state index contributed by atoms with van der Waals surface area (Å²) in [5.74, 6) is 0. The molecule has 2 fully saturated rings. The molecule has 2 saturated carbocycles. The van der Waals surface area contributed by atoms with Crippen molar-refractivity contribution < 1.29 is 13.2 Å². The standard InChI is InChI=1S/C17H26N2O3S/c18-13-9-11-15(12-10-13)23(20,21)19-16-7-3-4-8-17(16)22-14-5-1-2-6-14/h9-12,14,16-17,19H,1-8,18H2. The highest BCUT2D eigenvalue weighted by molar-refractivity contribution is 7.89. The molecule has 0 saturated heterocycles. The van der Waals surface area contributed by atoms with E-state index in [9.17, 15) is 8.42 Å². The van der Waals surface area contributed by atoms with E-state index in [0.717, 1.165) is 38.5 Å². The Morgan fingerprint density at radius 2 is 1.57 bits per heavy atom. The first kappa shape index (κ1) is 16.7. The molecule has 0 heterocycles. The van der Waals surface area contributed by atoms with Gasteiger partial charge >= 0.3 is 0 Å². The molecule has 2 aliphatic rings. The van der Waals surface area contributed by atoms with Crippen molar-refractivity contribution in [2.75, 3.05) is 5.73 Å². The molecule has 5 nitrogen and oxygen atoms in total. The van der Waals surface area contributed by atoms with Gasteiger partial charge in [0.1, 0.15) is 0 Å². The second-order valence-corrected chi connectivity index (χ2v) is 8.38. The molecule has 2 atom stereocenters. The van der Waals surface area contributed by atoms with Crippen LogP contribution in [-0.2, 0) is 14.8 Å². The van der Waals surface area contributed by atoms with Crippen LogP contribution in [0.5, 0.6) is 0 Å². The van der Waals surface area contributed by atoms with E-state index in [1.54, 1.807) is 24.3 Å². The van der Waals surface area contributed by atoms with Crippen molar-refractivity contribution in [2.24, 2.45) is 0 Å². The van der Waals surface area contributed by atoms with Crippen LogP contribution in [0.15, 0.2) is 29.2 Å². The molecule has 128 valence electrons. The smallest absolute Gasteiger partial charge is 0.240 e. The first-order chi connectivity index (χ1) is 11.0. The normalized spacial score (nSPS) is 26.4. The molecule has 0 aliphatic heterocycles. The third-order valence-electron chi connectivity index (χ3n) is 4.87. The Hall–Kier alpha value is -1.11. The summed E-state index contributed by atoms with van der Waals surface area (Å²) in [6.07, 6.45) is 8.88. The lowest BCUT2D eigenvalue weighted by Crippen LogP contribution is -2.47. The Labute approximate surface area is 138 Å². The second kappa shape index (κ2) is 7.20. The topological polar surface area (TPSA) is 81.4 Å². The van der Waals surface area contributed by atoms with Gasteiger partial charge < -0.3 is 10.5 Å². The van der Waals surface area contributed by atoms with Gasteiger partial charge in [-0.2, -0.15) is 0 Å². The van der Waals surface area contributed by atoms with Crippen LogP contribution in [0.4, 0.5) is 5.69 Å². The average Bonchev–Trinajstić information content (AvgIpc) is 3.02. The van der Waals surface area contributed by atoms with Gasteiger partial charge in [0.25, 0.3) is 0 Å². The molecule has 3 N–H and O–H groups in total. The summed E-state index contributed by atoms with van der Waals surface area (Å²) in [7, 11) is -3.53. The molecule has 0 amide bonds. The molecular formula is C17H26N2O3S. The fourth-order valence-corrected chi connectivity index (χ4v) is 4.88. The number of ether oxygens (including phenoxy) is 1. The molecule has 1 aromatic rings. The van der Waals surface area contributed by atoms with Crippen LogP contribution in [0.3, 0.4) is 0 Å². The molecule has 0 aromatic heterocycles. The second-order valence-electron chi connectivity index (χ2n) is 6.66. The number of hydrogen-bond acceptors (Lipinski definition) is 4. The van der Waals surface area contributed by atoms with Gasteiger partial charge in [0.15, 0.2) is 0 Å². The van der Waals surface area contributed by atoms with E-state index in [2.05, 4.69) is 4.72 Å². The van der Waals surface area contributed by atoms with Crippen molar-refractivity contribution in [3.8, 4) is 0 Å². The quantitative estimate of drug-likeness (QED) is 0.809. The molecule has 2 unspecified atom stereocenters. The molecule has 6 heteroatoms. The zero-order valence-electron chi connectivity index (χ0n) is 13.4. The van der Waals surface area contributed by atoms with Gasteiger partial charge in [0.05, 0.1) is 17.1 Å². The number of nitrogens with one attached hydrogen (secondary N) is 1.